The summed E-state index contributed by atoms with van der Waals surface area (Å²) in [5.74, 6) is -1.48. The van der Waals surface area contributed by atoms with Gasteiger partial charge in [-0.15, -0.1) is 0 Å². The molecule has 7 nitrogen and oxygen atoms in total. The maximum atomic E-state index is 13.9. The number of carbonyl (C=O) groups excluding carboxylic acids is 2. The summed E-state index contributed by atoms with van der Waals surface area (Å²) < 4.78 is 2.90. The van der Waals surface area contributed by atoms with E-state index >= 15 is 0 Å². The maximum absolute atomic E-state index is 13.9. The van der Waals surface area contributed by atoms with Crippen LogP contribution >= 0.6 is 0 Å². The highest BCUT2D eigenvalue weighted by Gasteiger charge is 2.47. The predicted octanol–water partition coefficient (Wildman–Crippen LogP) is 3.41. The number of benzene rings is 2. The van der Waals surface area contributed by atoms with Crippen LogP contribution in [0.4, 0.5) is 5.69 Å². The second kappa shape index (κ2) is 8.36. The van der Waals surface area contributed by atoms with Crippen molar-refractivity contribution in [2.45, 2.75) is 27.7 Å². The van der Waals surface area contributed by atoms with Gasteiger partial charge in [0.15, 0.2) is 12.4 Å². The van der Waals surface area contributed by atoms with Crippen LogP contribution in [0.5, 0.6) is 5.88 Å². The van der Waals surface area contributed by atoms with Crippen molar-refractivity contribution in [3.8, 4) is 11.6 Å². The standard InChI is InChI=1S/C28H24N4O3/c1-17-9-8-12-22(15-17)31-26(33)24(25(28(31)35)30-14-13-18(2)19(3)16-30)23-20(4)29-32(27(23)34)21-10-6-5-7-11-21/h5-16H,1-4H3. The van der Waals surface area contributed by atoms with Crippen LogP contribution in [0.25, 0.3) is 17.0 Å². The summed E-state index contributed by atoms with van der Waals surface area (Å²) in [4.78, 5) is 28.8. The van der Waals surface area contributed by atoms with E-state index in [0.717, 1.165) is 21.6 Å². The van der Waals surface area contributed by atoms with Crippen molar-refractivity contribution in [3.63, 3.8) is 0 Å². The molecule has 1 aliphatic rings. The Morgan fingerprint density at radius 1 is 0.829 bits per heavy atom. The number of anilines is 1. The minimum atomic E-state index is -0.547. The quantitative estimate of drug-likeness (QED) is 0.342. The number of hydrogen-bond donors (Lipinski definition) is 0. The highest BCUT2D eigenvalue weighted by Crippen LogP contribution is 2.38. The van der Waals surface area contributed by atoms with E-state index in [9.17, 15) is 14.7 Å². The number of pyridine rings is 1. The number of aromatic nitrogens is 3. The molecular formula is C28H24N4O3. The zero-order valence-electron chi connectivity index (χ0n) is 19.9. The van der Waals surface area contributed by atoms with Crippen LogP contribution in [0.15, 0.2) is 73.1 Å². The fraction of sp³-hybridized carbons (Fsp3) is 0.143. The van der Waals surface area contributed by atoms with Crippen molar-refractivity contribution < 1.29 is 19.3 Å². The van der Waals surface area contributed by atoms with Crippen molar-refractivity contribution in [3.05, 3.63) is 101 Å². The Hall–Kier alpha value is -4.52. The van der Waals surface area contributed by atoms with Crippen molar-refractivity contribution in [1.82, 2.24) is 9.78 Å². The molecule has 3 heterocycles. The summed E-state index contributed by atoms with van der Waals surface area (Å²) in [6, 6.07) is 18.1. The number of nitrogens with zero attached hydrogens (tertiary/aromatic N) is 4. The fourth-order valence-electron chi connectivity index (χ4n) is 4.34. The molecule has 0 spiro atoms. The topological polar surface area (TPSA) is 82.1 Å². The SMILES string of the molecule is Cc1cccc(N2C(=O)C(c3c(C)nn(-c4ccccc4)c3[O-])=C([n+]3ccc(C)c(C)c3)C2=O)c1. The number of hydrogen-bond acceptors (Lipinski definition) is 4. The summed E-state index contributed by atoms with van der Waals surface area (Å²) in [5, 5.41) is 18.0. The van der Waals surface area contributed by atoms with E-state index in [0.29, 0.717) is 17.1 Å². The van der Waals surface area contributed by atoms with Gasteiger partial charge in [-0.05, 0) is 69.0 Å². The Balaban J connectivity index is 1.77. The van der Waals surface area contributed by atoms with Crippen molar-refractivity contribution in [2.75, 3.05) is 4.90 Å². The Labute approximate surface area is 203 Å². The molecular weight excluding hydrogens is 440 g/mol. The van der Waals surface area contributed by atoms with Gasteiger partial charge in [0, 0.05) is 17.2 Å². The van der Waals surface area contributed by atoms with Crippen LogP contribution in [0.3, 0.4) is 0 Å². The monoisotopic (exact) mass is 464 g/mol. The largest absolute Gasteiger partial charge is 0.858 e. The van der Waals surface area contributed by atoms with Gasteiger partial charge in [-0.25, -0.2) is 9.58 Å². The Kier molecular flexibility index (Phi) is 5.32. The molecule has 0 bridgehead atoms. The van der Waals surface area contributed by atoms with E-state index in [4.69, 9.17) is 0 Å². The first-order valence-corrected chi connectivity index (χ1v) is 11.3. The molecule has 174 valence electrons. The highest BCUT2D eigenvalue weighted by molar-refractivity contribution is 6.53. The predicted molar refractivity (Wildman–Crippen MR) is 131 cm³/mol. The van der Waals surface area contributed by atoms with E-state index in [-0.39, 0.29) is 16.8 Å². The molecule has 0 saturated heterocycles. The molecule has 2 aromatic heterocycles. The maximum Gasteiger partial charge on any atom is 0.331 e. The van der Waals surface area contributed by atoms with Crippen LogP contribution in [-0.2, 0) is 9.59 Å². The summed E-state index contributed by atoms with van der Waals surface area (Å²) in [5.41, 5.74) is 4.64. The van der Waals surface area contributed by atoms with Crippen molar-refractivity contribution >= 4 is 28.8 Å². The van der Waals surface area contributed by atoms with Gasteiger partial charge < -0.3 is 5.11 Å². The molecule has 0 atom stereocenters. The van der Waals surface area contributed by atoms with Gasteiger partial charge in [-0.2, -0.15) is 9.67 Å². The molecule has 2 amide bonds. The zero-order chi connectivity index (χ0) is 24.9. The number of aryl methyl sites for hydroxylation is 4. The second-order valence-corrected chi connectivity index (χ2v) is 8.74. The number of imide groups is 1. The van der Waals surface area contributed by atoms with Crippen LogP contribution in [0, 0.1) is 27.7 Å². The normalized spacial score (nSPS) is 13.8. The first-order valence-electron chi connectivity index (χ1n) is 11.3. The number of carbonyl (C=O) groups is 2. The van der Waals surface area contributed by atoms with Crippen LogP contribution < -0.4 is 14.6 Å². The van der Waals surface area contributed by atoms with Gasteiger partial charge in [0.25, 0.3) is 11.6 Å². The molecule has 0 N–H and O–H groups in total. The van der Waals surface area contributed by atoms with Gasteiger partial charge in [0.05, 0.1) is 17.1 Å². The van der Waals surface area contributed by atoms with Gasteiger partial charge >= 0.3 is 5.91 Å². The average molecular weight is 465 g/mol. The van der Waals surface area contributed by atoms with E-state index in [1.807, 2.05) is 51.1 Å². The first kappa shape index (κ1) is 22.3. The number of para-hydroxylation sites is 1. The minimum Gasteiger partial charge on any atom is -0.858 e. The molecule has 5 rings (SSSR count). The van der Waals surface area contributed by atoms with Crippen LogP contribution in [-0.4, -0.2) is 21.6 Å². The van der Waals surface area contributed by atoms with Gasteiger partial charge in [0.1, 0.15) is 5.57 Å². The lowest BCUT2D eigenvalue weighted by atomic mass is 10.0. The summed E-state index contributed by atoms with van der Waals surface area (Å²) >= 11 is 0. The van der Waals surface area contributed by atoms with E-state index < -0.39 is 17.7 Å². The minimum absolute atomic E-state index is 0.0504. The van der Waals surface area contributed by atoms with E-state index in [1.165, 1.54) is 4.68 Å². The third kappa shape index (κ3) is 3.61. The zero-order valence-corrected chi connectivity index (χ0v) is 19.9. The number of rotatable bonds is 4. The lowest BCUT2D eigenvalue weighted by molar-refractivity contribution is -0.577. The highest BCUT2D eigenvalue weighted by atomic mass is 16.3. The molecule has 0 unspecified atom stereocenters. The Morgan fingerprint density at radius 2 is 1.54 bits per heavy atom. The van der Waals surface area contributed by atoms with E-state index in [2.05, 4.69) is 5.10 Å². The van der Waals surface area contributed by atoms with Gasteiger partial charge in [0.2, 0.25) is 0 Å². The molecule has 0 fully saturated rings. The third-order valence-corrected chi connectivity index (χ3v) is 6.29. The fourth-order valence-corrected chi connectivity index (χ4v) is 4.34. The molecule has 0 radical (unpaired) electrons. The van der Waals surface area contributed by atoms with Gasteiger partial charge in [-0.1, -0.05) is 30.3 Å². The molecule has 7 heteroatoms. The molecule has 2 aromatic carbocycles. The van der Waals surface area contributed by atoms with Gasteiger partial charge in [-0.3, -0.25) is 9.59 Å². The van der Waals surface area contributed by atoms with E-state index in [1.54, 1.807) is 54.2 Å². The molecule has 0 aliphatic carbocycles. The second-order valence-electron chi connectivity index (χ2n) is 8.74. The summed E-state index contributed by atoms with van der Waals surface area (Å²) in [7, 11) is 0. The van der Waals surface area contributed by atoms with Crippen molar-refractivity contribution in [2.24, 2.45) is 0 Å². The molecule has 0 saturated carbocycles. The van der Waals surface area contributed by atoms with Crippen LogP contribution in [0.2, 0.25) is 0 Å². The molecule has 35 heavy (non-hydrogen) atoms. The number of amides is 2. The lowest BCUT2D eigenvalue weighted by Crippen LogP contribution is -2.40. The van der Waals surface area contributed by atoms with Crippen molar-refractivity contribution in [1.29, 1.82) is 0 Å². The summed E-state index contributed by atoms with van der Waals surface area (Å²) in [6.07, 6.45) is 3.54. The lowest BCUT2D eigenvalue weighted by Gasteiger charge is -2.16. The Bertz CT molecular complexity index is 1530. The molecule has 4 aromatic rings. The summed E-state index contributed by atoms with van der Waals surface area (Å²) in [6.45, 7) is 7.48. The third-order valence-electron chi connectivity index (χ3n) is 6.29. The first-order chi connectivity index (χ1) is 16.8. The Morgan fingerprint density at radius 3 is 2.23 bits per heavy atom. The molecule has 1 aliphatic heterocycles. The van der Waals surface area contributed by atoms with Crippen LogP contribution in [0.1, 0.15) is 27.9 Å². The average Bonchev–Trinajstić information content (AvgIpc) is 3.27. The smallest absolute Gasteiger partial charge is 0.331 e.